The fourth-order valence-corrected chi connectivity index (χ4v) is 2.65. The second kappa shape index (κ2) is 4.23. The van der Waals surface area contributed by atoms with Gasteiger partial charge in [0, 0.05) is 0 Å². The van der Waals surface area contributed by atoms with Gasteiger partial charge < -0.3 is 10.8 Å². The molecular weight excluding hydrogens is 222 g/mol. The molecule has 0 aliphatic heterocycles. The largest absolute Gasteiger partial charge is 0.391 e. The van der Waals surface area contributed by atoms with E-state index in [2.05, 4.69) is 36.4 Å². The number of benzene rings is 2. The third kappa shape index (κ3) is 1.74. The highest BCUT2D eigenvalue weighted by atomic mass is 16.3. The van der Waals surface area contributed by atoms with Gasteiger partial charge >= 0.3 is 0 Å². The van der Waals surface area contributed by atoms with Gasteiger partial charge in [0.2, 0.25) is 0 Å². The molecule has 3 N–H and O–H groups in total. The molecule has 92 valence electrons. The molecule has 0 saturated carbocycles. The van der Waals surface area contributed by atoms with Crippen LogP contribution in [-0.4, -0.2) is 11.2 Å². The van der Waals surface area contributed by atoms with Crippen LogP contribution in [0.5, 0.6) is 0 Å². The Morgan fingerprint density at radius 2 is 1.78 bits per heavy atom. The number of hydrogen-bond acceptors (Lipinski definition) is 2. The summed E-state index contributed by atoms with van der Waals surface area (Å²) in [7, 11) is 0. The van der Waals surface area contributed by atoms with E-state index in [9.17, 15) is 5.11 Å². The van der Waals surface area contributed by atoms with Crippen LogP contribution in [-0.2, 0) is 6.42 Å². The molecule has 2 aromatic rings. The Labute approximate surface area is 107 Å². The average molecular weight is 239 g/mol. The summed E-state index contributed by atoms with van der Waals surface area (Å²) in [5.41, 5.74) is 12.3. The molecule has 3 rings (SSSR count). The Morgan fingerprint density at radius 3 is 2.56 bits per heavy atom. The van der Waals surface area contributed by atoms with Crippen LogP contribution in [0.3, 0.4) is 0 Å². The third-order valence-electron chi connectivity index (χ3n) is 3.72. The Morgan fingerprint density at radius 1 is 1.06 bits per heavy atom. The summed E-state index contributed by atoms with van der Waals surface area (Å²) in [6.07, 6.45) is 0.443. The topological polar surface area (TPSA) is 46.2 Å². The quantitative estimate of drug-likeness (QED) is 0.722. The van der Waals surface area contributed by atoms with Crippen molar-refractivity contribution in [3.63, 3.8) is 0 Å². The Kier molecular flexibility index (Phi) is 2.69. The number of aliphatic hydroxyl groups excluding tert-OH is 1. The van der Waals surface area contributed by atoms with E-state index < -0.39 is 6.10 Å². The average Bonchev–Trinajstić information content (AvgIpc) is 2.75. The van der Waals surface area contributed by atoms with Gasteiger partial charge in [-0.2, -0.15) is 0 Å². The van der Waals surface area contributed by atoms with Gasteiger partial charge in [-0.25, -0.2) is 0 Å². The van der Waals surface area contributed by atoms with Gasteiger partial charge in [-0.1, -0.05) is 42.5 Å². The molecule has 1 aliphatic rings. The molecule has 2 aromatic carbocycles. The van der Waals surface area contributed by atoms with Crippen LogP contribution >= 0.6 is 0 Å². The van der Waals surface area contributed by atoms with Crippen LogP contribution in [0.1, 0.15) is 29.7 Å². The van der Waals surface area contributed by atoms with Crippen molar-refractivity contribution >= 4 is 0 Å². The molecule has 0 fully saturated rings. The van der Waals surface area contributed by atoms with E-state index in [1.54, 1.807) is 6.92 Å². The molecule has 2 heteroatoms. The first-order chi connectivity index (χ1) is 8.66. The number of aliphatic hydroxyl groups is 1. The highest BCUT2D eigenvalue weighted by molar-refractivity contribution is 5.76. The second-order valence-corrected chi connectivity index (χ2v) is 5.02. The summed E-state index contributed by atoms with van der Waals surface area (Å²) >= 11 is 0. The first-order valence-corrected chi connectivity index (χ1v) is 6.31. The Balaban J connectivity index is 2.03. The monoisotopic (exact) mass is 239 g/mol. The maximum Gasteiger partial charge on any atom is 0.0704 e. The number of nitrogens with two attached hydrogens (primary N) is 1. The Hall–Kier alpha value is -1.64. The van der Waals surface area contributed by atoms with E-state index in [1.165, 1.54) is 22.3 Å². The Bertz CT molecular complexity index is 589. The lowest BCUT2D eigenvalue weighted by Gasteiger charge is -2.16. The van der Waals surface area contributed by atoms with Crippen LogP contribution in [0, 0.1) is 0 Å². The first kappa shape index (κ1) is 11.5. The van der Waals surface area contributed by atoms with Gasteiger partial charge in [-0.3, -0.25) is 0 Å². The predicted octanol–water partition coefficient (Wildman–Crippen LogP) is 2.64. The molecule has 0 aromatic heterocycles. The van der Waals surface area contributed by atoms with Crippen molar-refractivity contribution in [1.82, 2.24) is 0 Å². The molecular formula is C16H17NO. The highest BCUT2D eigenvalue weighted by Gasteiger charge is 2.20. The zero-order chi connectivity index (χ0) is 12.7. The number of rotatable bonds is 2. The van der Waals surface area contributed by atoms with Crippen LogP contribution in [0.15, 0.2) is 42.5 Å². The van der Waals surface area contributed by atoms with Crippen LogP contribution < -0.4 is 5.73 Å². The molecule has 0 amide bonds. The van der Waals surface area contributed by atoms with E-state index in [1.807, 2.05) is 6.07 Å². The van der Waals surface area contributed by atoms with Crippen molar-refractivity contribution in [2.45, 2.75) is 25.5 Å². The van der Waals surface area contributed by atoms with E-state index >= 15 is 0 Å². The fraction of sp³-hybridized carbons (Fsp3) is 0.250. The number of hydrogen-bond donors (Lipinski definition) is 2. The van der Waals surface area contributed by atoms with E-state index in [4.69, 9.17) is 5.73 Å². The van der Waals surface area contributed by atoms with E-state index in [-0.39, 0.29) is 6.04 Å². The zero-order valence-corrected chi connectivity index (χ0v) is 10.4. The van der Waals surface area contributed by atoms with Crippen LogP contribution in [0.4, 0.5) is 0 Å². The standard InChI is InChI=1S/C16H17NO/c1-10(18)16(17)12-6-7-15-13(9-12)8-11-4-2-3-5-14(11)15/h2-7,9-10,16,18H,8,17H2,1H3/t10-,16-/m0/s1. The van der Waals surface area contributed by atoms with Gasteiger partial charge in [0.25, 0.3) is 0 Å². The van der Waals surface area contributed by atoms with Crippen molar-refractivity contribution in [3.8, 4) is 11.1 Å². The van der Waals surface area contributed by atoms with Crippen LogP contribution in [0.2, 0.25) is 0 Å². The second-order valence-electron chi connectivity index (χ2n) is 5.02. The van der Waals surface area contributed by atoms with Gasteiger partial charge in [0.1, 0.15) is 0 Å². The summed E-state index contributed by atoms with van der Waals surface area (Å²) in [4.78, 5) is 0. The summed E-state index contributed by atoms with van der Waals surface area (Å²) in [5, 5.41) is 9.57. The normalized spacial score (nSPS) is 15.9. The van der Waals surface area contributed by atoms with Crippen molar-refractivity contribution in [1.29, 1.82) is 0 Å². The van der Waals surface area contributed by atoms with Crippen molar-refractivity contribution in [3.05, 3.63) is 59.2 Å². The molecule has 0 radical (unpaired) electrons. The maximum atomic E-state index is 9.57. The lowest BCUT2D eigenvalue weighted by atomic mass is 9.98. The molecule has 0 spiro atoms. The smallest absolute Gasteiger partial charge is 0.0704 e. The van der Waals surface area contributed by atoms with Crippen molar-refractivity contribution < 1.29 is 5.11 Å². The van der Waals surface area contributed by atoms with Crippen molar-refractivity contribution in [2.24, 2.45) is 5.73 Å². The van der Waals surface area contributed by atoms with Gasteiger partial charge in [0.15, 0.2) is 0 Å². The molecule has 2 nitrogen and oxygen atoms in total. The van der Waals surface area contributed by atoms with Gasteiger partial charge in [0.05, 0.1) is 12.1 Å². The SMILES string of the molecule is C[C@H](O)[C@H](N)c1ccc2c(c1)Cc1ccccc1-2. The zero-order valence-electron chi connectivity index (χ0n) is 10.4. The molecule has 0 saturated heterocycles. The third-order valence-corrected chi connectivity index (χ3v) is 3.72. The summed E-state index contributed by atoms with van der Waals surface area (Å²) in [6, 6.07) is 14.5. The summed E-state index contributed by atoms with van der Waals surface area (Å²) in [6.45, 7) is 1.73. The molecule has 0 heterocycles. The molecule has 0 unspecified atom stereocenters. The minimum atomic E-state index is -0.521. The molecule has 1 aliphatic carbocycles. The molecule has 0 bridgehead atoms. The van der Waals surface area contributed by atoms with E-state index in [0.717, 1.165) is 12.0 Å². The number of fused-ring (bicyclic) bond motifs is 3. The van der Waals surface area contributed by atoms with Crippen LogP contribution in [0.25, 0.3) is 11.1 Å². The highest BCUT2D eigenvalue weighted by Crippen LogP contribution is 2.37. The lowest BCUT2D eigenvalue weighted by Crippen LogP contribution is -2.23. The molecule has 18 heavy (non-hydrogen) atoms. The summed E-state index contributed by atoms with van der Waals surface area (Å²) < 4.78 is 0. The maximum absolute atomic E-state index is 9.57. The van der Waals surface area contributed by atoms with Gasteiger partial charge in [-0.05, 0) is 41.2 Å². The van der Waals surface area contributed by atoms with E-state index in [0.29, 0.717) is 0 Å². The lowest BCUT2D eigenvalue weighted by molar-refractivity contribution is 0.164. The van der Waals surface area contributed by atoms with Crippen molar-refractivity contribution in [2.75, 3.05) is 0 Å². The minimum absolute atomic E-state index is 0.306. The predicted molar refractivity (Wildman–Crippen MR) is 73.3 cm³/mol. The minimum Gasteiger partial charge on any atom is -0.391 e. The summed E-state index contributed by atoms with van der Waals surface area (Å²) in [5.74, 6) is 0. The first-order valence-electron chi connectivity index (χ1n) is 6.31. The van der Waals surface area contributed by atoms with Gasteiger partial charge in [-0.15, -0.1) is 0 Å². The molecule has 2 atom stereocenters. The fourth-order valence-electron chi connectivity index (χ4n) is 2.65.